The van der Waals surface area contributed by atoms with Gasteiger partial charge in [0.1, 0.15) is 17.1 Å². The van der Waals surface area contributed by atoms with Crippen LogP contribution in [0.25, 0.3) is 12.2 Å². The summed E-state index contributed by atoms with van der Waals surface area (Å²) >= 11 is 0. The number of aliphatic hydroxyl groups excluding tert-OH is 1. The fourth-order valence-electron chi connectivity index (χ4n) is 3.42. The number of phenols is 2. The number of fused-ring (bicyclic) bond motifs is 3. The van der Waals surface area contributed by atoms with Gasteiger partial charge in [0.15, 0.2) is 11.6 Å². The van der Waals surface area contributed by atoms with Crippen LogP contribution in [0.5, 0.6) is 11.5 Å². The molecule has 0 heterocycles. The highest BCUT2D eigenvalue weighted by molar-refractivity contribution is 6.30. The summed E-state index contributed by atoms with van der Waals surface area (Å²) < 4.78 is 0. The molecule has 25 heavy (non-hydrogen) atoms. The van der Waals surface area contributed by atoms with E-state index in [0.29, 0.717) is 0 Å². The van der Waals surface area contributed by atoms with Gasteiger partial charge >= 0.3 is 0 Å². The van der Waals surface area contributed by atoms with Crippen molar-refractivity contribution in [2.75, 3.05) is 6.61 Å². The molecule has 1 atom stereocenters. The van der Waals surface area contributed by atoms with Crippen LogP contribution in [-0.4, -0.2) is 44.2 Å². The normalized spacial score (nSPS) is 20.9. The van der Waals surface area contributed by atoms with Crippen LogP contribution in [0, 0.1) is 0 Å². The number of phenolic OH excluding ortho intramolecular Hbond substituents is 2. The molecule has 0 aromatic heterocycles. The van der Waals surface area contributed by atoms with E-state index in [1.807, 2.05) is 0 Å². The maximum absolute atomic E-state index is 12.8. The fraction of sp³-hybridized carbons (Fsp3) is 0.158. The zero-order chi connectivity index (χ0) is 17.9. The molecule has 0 radical (unpaired) electrons. The largest absolute Gasteiger partial charge is 0.507 e. The van der Waals surface area contributed by atoms with Gasteiger partial charge in [0.25, 0.3) is 0 Å². The molecule has 2 aromatic carbocycles. The molecule has 126 valence electrons. The first-order chi connectivity index (χ1) is 11.9. The number of aromatic hydroxyl groups is 2. The Morgan fingerprint density at radius 3 is 1.96 bits per heavy atom. The van der Waals surface area contributed by atoms with Crippen molar-refractivity contribution in [3.05, 3.63) is 57.0 Å². The van der Waals surface area contributed by atoms with Gasteiger partial charge in [-0.15, -0.1) is 0 Å². The van der Waals surface area contributed by atoms with Gasteiger partial charge in [-0.05, 0) is 6.08 Å². The summed E-state index contributed by atoms with van der Waals surface area (Å²) in [5.41, 5.74) is -1.82. The molecule has 6 nitrogen and oxygen atoms in total. The highest BCUT2D eigenvalue weighted by Crippen LogP contribution is 2.34. The predicted octanol–water partition coefficient (Wildman–Crippen LogP) is -0.439. The molecule has 0 saturated carbocycles. The van der Waals surface area contributed by atoms with Crippen molar-refractivity contribution in [3.8, 4) is 11.5 Å². The molecule has 0 aliphatic heterocycles. The number of hydrogen-bond acceptors (Lipinski definition) is 6. The summed E-state index contributed by atoms with van der Waals surface area (Å²) in [6.45, 7) is -0.587. The van der Waals surface area contributed by atoms with Gasteiger partial charge in [-0.2, -0.15) is 0 Å². The lowest BCUT2D eigenvalue weighted by Crippen LogP contribution is -2.42. The van der Waals surface area contributed by atoms with Crippen LogP contribution >= 0.6 is 0 Å². The number of aliphatic hydroxyl groups is 2. The third kappa shape index (κ3) is 1.98. The first kappa shape index (κ1) is 15.6. The van der Waals surface area contributed by atoms with Crippen molar-refractivity contribution in [3.63, 3.8) is 0 Å². The lowest BCUT2D eigenvalue weighted by molar-refractivity contribution is 0.0453. The first-order valence-electron chi connectivity index (χ1n) is 7.70. The SMILES string of the molecule is O=C1c2ccccc2C(=O)c2c1c(O)c1c(c2O)=CC(O)(CO)CC=1. The maximum Gasteiger partial charge on any atom is 0.198 e. The monoisotopic (exact) mass is 338 g/mol. The second-order valence-corrected chi connectivity index (χ2v) is 6.29. The van der Waals surface area contributed by atoms with Crippen LogP contribution in [0.15, 0.2) is 24.3 Å². The summed E-state index contributed by atoms with van der Waals surface area (Å²) in [7, 11) is 0. The molecule has 0 spiro atoms. The number of rotatable bonds is 1. The molecule has 0 bridgehead atoms. The Balaban J connectivity index is 2.13. The quantitative estimate of drug-likeness (QED) is 0.447. The highest BCUT2D eigenvalue weighted by atomic mass is 16.3. The summed E-state index contributed by atoms with van der Waals surface area (Å²) in [5.74, 6) is -2.02. The Bertz CT molecular complexity index is 1080. The standard InChI is InChI=1S/C19H14O6/c20-8-19(25)6-5-11-12(7-19)18(24)14-13(17(11)23)15(21)9-3-1-2-4-10(9)16(14)22/h1-5,7,20,23-25H,6,8H2. The molecule has 0 amide bonds. The Morgan fingerprint density at radius 2 is 1.44 bits per heavy atom. The zero-order valence-electron chi connectivity index (χ0n) is 13.0. The van der Waals surface area contributed by atoms with E-state index in [4.69, 9.17) is 0 Å². The number of ketones is 2. The molecular weight excluding hydrogens is 324 g/mol. The van der Waals surface area contributed by atoms with Crippen molar-refractivity contribution >= 4 is 23.7 Å². The summed E-state index contributed by atoms with van der Waals surface area (Å²) in [6.07, 6.45) is 2.64. The van der Waals surface area contributed by atoms with Crippen LogP contribution < -0.4 is 10.4 Å². The molecule has 1 unspecified atom stereocenters. The lowest BCUT2D eigenvalue weighted by atomic mass is 9.80. The van der Waals surface area contributed by atoms with Crippen LogP contribution in [0.2, 0.25) is 0 Å². The minimum absolute atomic E-state index is 0.00100. The van der Waals surface area contributed by atoms with Gasteiger partial charge in [-0.1, -0.05) is 30.3 Å². The Kier molecular flexibility index (Phi) is 3.12. The van der Waals surface area contributed by atoms with E-state index in [9.17, 15) is 30.0 Å². The molecule has 2 aliphatic rings. The van der Waals surface area contributed by atoms with Crippen LogP contribution in [0.1, 0.15) is 38.3 Å². The van der Waals surface area contributed by atoms with Gasteiger partial charge in [0.05, 0.1) is 17.7 Å². The van der Waals surface area contributed by atoms with E-state index in [0.717, 1.165) is 0 Å². The summed E-state index contributed by atoms with van der Waals surface area (Å²) in [6, 6.07) is 6.20. The number of carbonyl (C=O) groups is 2. The second-order valence-electron chi connectivity index (χ2n) is 6.29. The molecule has 0 fully saturated rings. The van der Waals surface area contributed by atoms with Crippen molar-refractivity contribution in [2.45, 2.75) is 12.0 Å². The zero-order valence-corrected chi connectivity index (χ0v) is 13.0. The van der Waals surface area contributed by atoms with E-state index < -0.39 is 35.3 Å². The minimum Gasteiger partial charge on any atom is -0.507 e. The van der Waals surface area contributed by atoms with Gasteiger partial charge in [0, 0.05) is 28.0 Å². The smallest absolute Gasteiger partial charge is 0.198 e. The van der Waals surface area contributed by atoms with Gasteiger partial charge in [-0.25, -0.2) is 0 Å². The first-order valence-corrected chi connectivity index (χ1v) is 7.70. The Labute approximate surface area is 141 Å². The second kappa shape index (κ2) is 5.02. The minimum atomic E-state index is -1.61. The third-order valence-corrected chi connectivity index (χ3v) is 4.74. The Morgan fingerprint density at radius 1 is 0.920 bits per heavy atom. The lowest BCUT2D eigenvalue weighted by Gasteiger charge is -2.25. The average molecular weight is 338 g/mol. The molecule has 2 aromatic rings. The predicted molar refractivity (Wildman–Crippen MR) is 87.9 cm³/mol. The maximum atomic E-state index is 12.8. The fourth-order valence-corrected chi connectivity index (χ4v) is 3.42. The summed E-state index contributed by atoms with van der Waals surface area (Å²) in [4.78, 5) is 25.5. The van der Waals surface area contributed by atoms with Crippen molar-refractivity contribution in [1.82, 2.24) is 0 Å². The molecule has 4 rings (SSSR count). The van der Waals surface area contributed by atoms with Gasteiger partial charge in [-0.3, -0.25) is 9.59 Å². The van der Waals surface area contributed by atoms with E-state index in [2.05, 4.69) is 0 Å². The molecule has 6 heteroatoms. The average Bonchev–Trinajstić information content (AvgIpc) is 2.62. The molecule has 4 N–H and O–H groups in total. The van der Waals surface area contributed by atoms with E-state index >= 15 is 0 Å². The van der Waals surface area contributed by atoms with Crippen molar-refractivity contribution in [1.29, 1.82) is 0 Å². The van der Waals surface area contributed by atoms with Crippen LogP contribution in [0.4, 0.5) is 0 Å². The van der Waals surface area contributed by atoms with Crippen LogP contribution in [0.3, 0.4) is 0 Å². The van der Waals surface area contributed by atoms with Gasteiger partial charge < -0.3 is 20.4 Å². The third-order valence-electron chi connectivity index (χ3n) is 4.74. The molecular formula is C19H14O6. The van der Waals surface area contributed by atoms with Crippen LogP contribution in [-0.2, 0) is 0 Å². The molecule has 2 aliphatic carbocycles. The number of hydrogen-bond donors (Lipinski definition) is 4. The van der Waals surface area contributed by atoms with Crippen molar-refractivity contribution in [2.24, 2.45) is 0 Å². The Hall–Kier alpha value is -2.96. The van der Waals surface area contributed by atoms with E-state index in [1.165, 1.54) is 24.3 Å². The van der Waals surface area contributed by atoms with Gasteiger partial charge in [0.2, 0.25) is 0 Å². The number of benzene rings is 2. The van der Waals surface area contributed by atoms with E-state index in [-0.39, 0.29) is 39.1 Å². The molecule has 0 saturated heterocycles. The highest BCUT2D eigenvalue weighted by Gasteiger charge is 2.36. The van der Waals surface area contributed by atoms with E-state index in [1.54, 1.807) is 12.1 Å². The summed E-state index contributed by atoms with van der Waals surface area (Å²) in [5, 5.41) is 41.0. The topological polar surface area (TPSA) is 115 Å². The van der Waals surface area contributed by atoms with Crippen molar-refractivity contribution < 1.29 is 30.0 Å². The number of carbonyl (C=O) groups excluding carboxylic acids is 2.